The molecule has 0 rings (SSSR count). The van der Waals surface area contributed by atoms with Crippen LogP contribution in [0.3, 0.4) is 0 Å². The summed E-state index contributed by atoms with van der Waals surface area (Å²) in [4.78, 5) is 52.7. The van der Waals surface area contributed by atoms with Crippen LogP contribution in [-0.2, 0) is 38.0 Å². The number of nitrogens with zero attached hydrogens (tertiary/aromatic N) is 1. The lowest BCUT2D eigenvalue weighted by Gasteiger charge is -2.19. The summed E-state index contributed by atoms with van der Waals surface area (Å²) >= 11 is 0. The van der Waals surface area contributed by atoms with Crippen molar-refractivity contribution in [2.45, 2.75) is 246 Å². The van der Waals surface area contributed by atoms with E-state index in [-0.39, 0.29) is 39.1 Å². The Kier molecular flexibility index (Phi) is 44.5. The molecule has 0 heterocycles. The van der Waals surface area contributed by atoms with Crippen LogP contribution in [0, 0.1) is 5.92 Å². The van der Waals surface area contributed by atoms with Crippen molar-refractivity contribution >= 4 is 24.2 Å². The molecular formula is C51H97NO10. The van der Waals surface area contributed by atoms with E-state index in [0.29, 0.717) is 6.42 Å². The summed E-state index contributed by atoms with van der Waals surface area (Å²) in [5.41, 5.74) is 0. The zero-order chi connectivity index (χ0) is 45.6. The predicted octanol–water partition coefficient (Wildman–Crippen LogP) is 14.2. The normalized spacial score (nSPS) is 11.8. The van der Waals surface area contributed by atoms with E-state index in [4.69, 9.17) is 28.4 Å². The fourth-order valence-corrected chi connectivity index (χ4v) is 7.56. The maximum absolute atomic E-state index is 12.9. The predicted molar refractivity (Wildman–Crippen MR) is 251 cm³/mol. The first-order chi connectivity index (χ1) is 30.3. The second kappa shape index (κ2) is 46.4. The lowest BCUT2D eigenvalue weighted by atomic mass is 10.0. The van der Waals surface area contributed by atoms with Gasteiger partial charge in [-0.15, -0.1) is 0 Å². The van der Waals surface area contributed by atoms with Crippen LogP contribution < -0.4 is 0 Å². The third-order valence-electron chi connectivity index (χ3n) is 11.7. The molecule has 0 aromatic carbocycles. The smallest absolute Gasteiger partial charge is 0.465 e. The zero-order valence-electron chi connectivity index (χ0n) is 41.0. The van der Waals surface area contributed by atoms with E-state index >= 15 is 0 Å². The van der Waals surface area contributed by atoms with Crippen molar-refractivity contribution in [1.29, 1.82) is 0 Å². The van der Waals surface area contributed by atoms with Crippen molar-refractivity contribution in [3.05, 3.63) is 0 Å². The highest BCUT2D eigenvalue weighted by Crippen LogP contribution is 2.18. The largest absolute Gasteiger partial charge is 0.508 e. The molecule has 366 valence electrons. The van der Waals surface area contributed by atoms with E-state index in [1.165, 1.54) is 135 Å². The second-order valence-electron chi connectivity index (χ2n) is 17.5. The molecule has 0 spiro atoms. The molecular weight excluding hydrogens is 787 g/mol. The molecule has 62 heavy (non-hydrogen) atoms. The van der Waals surface area contributed by atoms with Gasteiger partial charge >= 0.3 is 24.2 Å². The van der Waals surface area contributed by atoms with Gasteiger partial charge in [-0.1, -0.05) is 195 Å². The van der Waals surface area contributed by atoms with E-state index in [0.717, 1.165) is 77.4 Å². The Morgan fingerprint density at radius 1 is 0.387 bits per heavy atom. The minimum absolute atomic E-state index is 0.205. The number of hydrogen-bond donors (Lipinski definition) is 0. The van der Waals surface area contributed by atoms with Crippen molar-refractivity contribution in [2.75, 3.05) is 52.7 Å². The lowest BCUT2D eigenvalue weighted by Crippen LogP contribution is -2.28. The first-order valence-electron chi connectivity index (χ1n) is 26.0. The van der Waals surface area contributed by atoms with Gasteiger partial charge in [-0.05, 0) is 51.6 Å². The first-order valence-corrected chi connectivity index (χ1v) is 26.0. The average molecular weight is 884 g/mol. The van der Waals surface area contributed by atoms with E-state index in [9.17, 15) is 19.2 Å². The molecule has 1 atom stereocenters. The van der Waals surface area contributed by atoms with Gasteiger partial charge in [0.2, 0.25) is 0 Å². The first kappa shape index (κ1) is 59.4. The third kappa shape index (κ3) is 41.5. The number of unbranched alkanes of at least 4 members (excludes halogenated alkanes) is 25. The molecule has 11 heteroatoms. The van der Waals surface area contributed by atoms with Crippen molar-refractivity contribution in [2.24, 2.45) is 5.92 Å². The zero-order valence-corrected chi connectivity index (χ0v) is 41.0. The van der Waals surface area contributed by atoms with Crippen LogP contribution in [0.5, 0.6) is 0 Å². The summed E-state index contributed by atoms with van der Waals surface area (Å²) in [7, 11) is 0. The number of esters is 2. The van der Waals surface area contributed by atoms with Crippen LogP contribution in [0.1, 0.15) is 240 Å². The highest BCUT2D eigenvalue weighted by atomic mass is 16.7. The van der Waals surface area contributed by atoms with Crippen LogP contribution in [0.15, 0.2) is 0 Å². The van der Waals surface area contributed by atoms with Crippen LogP contribution in [-0.4, -0.2) is 87.9 Å². The quantitative estimate of drug-likeness (QED) is 0.0251. The minimum atomic E-state index is -0.850. The van der Waals surface area contributed by atoms with Gasteiger partial charge in [0.1, 0.15) is 32.3 Å². The van der Waals surface area contributed by atoms with E-state index < -0.39 is 36.6 Å². The minimum Gasteiger partial charge on any atom is -0.465 e. The van der Waals surface area contributed by atoms with E-state index in [1.54, 1.807) is 0 Å². The SMILES string of the molecule is CCCCCCCCCCCCCCCCCCOC(=O)OCC(COC(=O)CC(=O)OC(CCCCCCCC)CCCCCCCC)COC(=O)OCCCN(CC)CC. The topological polar surface area (TPSA) is 127 Å². The molecule has 0 N–H and O–H groups in total. The van der Waals surface area contributed by atoms with Gasteiger partial charge in [0.05, 0.1) is 19.1 Å². The summed E-state index contributed by atoms with van der Waals surface area (Å²) < 4.78 is 32.4. The van der Waals surface area contributed by atoms with Crippen LogP contribution in [0.2, 0.25) is 0 Å². The highest BCUT2D eigenvalue weighted by Gasteiger charge is 2.22. The molecule has 0 bridgehead atoms. The molecule has 0 aliphatic carbocycles. The maximum Gasteiger partial charge on any atom is 0.508 e. The number of rotatable bonds is 46. The third-order valence-corrected chi connectivity index (χ3v) is 11.7. The number of ether oxygens (including phenoxy) is 6. The van der Waals surface area contributed by atoms with Gasteiger partial charge in [0, 0.05) is 6.54 Å². The Hall–Kier alpha value is -2.56. The molecule has 0 fully saturated rings. The van der Waals surface area contributed by atoms with Gasteiger partial charge in [0.15, 0.2) is 0 Å². The van der Waals surface area contributed by atoms with Gasteiger partial charge in [-0.3, -0.25) is 9.59 Å². The molecule has 0 aliphatic heterocycles. The average Bonchev–Trinajstić information content (AvgIpc) is 3.26. The number of carbonyl (C=O) groups excluding carboxylic acids is 4. The molecule has 11 nitrogen and oxygen atoms in total. The summed E-state index contributed by atoms with van der Waals surface area (Å²) in [5, 5.41) is 0. The van der Waals surface area contributed by atoms with Gasteiger partial charge in [-0.25, -0.2) is 9.59 Å². The van der Waals surface area contributed by atoms with Crippen LogP contribution in [0.25, 0.3) is 0 Å². The van der Waals surface area contributed by atoms with Crippen molar-refractivity contribution in [3.8, 4) is 0 Å². The van der Waals surface area contributed by atoms with Gasteiger partial charge in [0.25, 0.3) is 0 Å². The van der Waals surface area contributed by atoms with Gasteiger partial charge in [-0.2, -0.15) is 0 Å². The van der Waals surface area contributed by atoms with E-state index in [1.807, 2.05) is 0 Å². The summed E-state index contributed by atoms with van der Waals surface area (Å²) in [6.45, 7) is 13.3. The molecule has 0 aliphatic rings. The van der Waals surface area contributed by atoms with E-state index in [2.05, 4.69) is 39.5 Å². The molecule has 1 unspecified atom stereocenters. The Bertz CT molecular complexity index is 1010. The number of hydrogen-bond acceptors (Lipinski definition) is 11. The summed E-state index contributed by atoms with van der Waals surface area (Å²) in [5.74, 6) is -2.04. The monoisotopic (exact) mass is 884 g/mol. The summed E-state index contributed by atoms with van der Waals surface area (Å²) in [6, 6.07) is 0. The molecule has 0 radical (unpaired) electrons. The molecule has 0 saturated carbocycles. The maximum atomic E-state index is 12.9. The molecule has 0 aromatic rings. The molecule has 0 aromatic heterocycles. The fraction of sp³-hybridized carbons (Fsp3) is 0.922. The Morgan fingerprint density at radius 2 is 0.742 bits per heavy atom. The summed E-state index contributed by atoms with van der Waals surface area (Å²) in [6.07, 6.45) is 33.9. The molecule has 0 saturated heterocycles. The highest BCUT2D eigenvalue weighted by molar-refractivity contribution is 5.91. The fourth-order valence-electron chi connectivity index (χ4n) is 7.56. The Balaban J connectivity index is 4.75. The van der Waals surface area contributed by atoms with Crippen molar-refractivity contribution in [1.82, 2.24) is 4.90 Å². The Morgan fingerprint density at radius 3 is 1.15 bits per heavy atom. The van der Waals surface area contributed by atoms with Crippen LogP contribution in [0.4, 0.5) is 9.59 Å². The van der Waals surface area contributed by atoms with Crippen molar-refractivity contribution in [3.63, 3.8) is 0 Å². The second-order valence-corrected chi connectivity index (χ2v) is 17.5. The number of carbonyl (C=O) groups is 4. The standard InChI is InChI=1S/C51H97NO10/c1-6-11-14-17-20-21-22-23-24-25-26-27-28-29-32-35-40-57-50(55)60-44-46(45-61-51(56)58-41-36-39-52(9-4)10-5)43-59-48(53)42-49(54)62-47(37-33-30-18-15-12-7-2)38-34-31-19-16-13-8-3/h46-47H,6-45H2,1-5H3. The molecule has 0 amide bonds. The Labute approximate surface area is 380 Å². The van der Waals surface area contributed by atoms with Crippen LogP contribution >= 0.6 is 0 Å². The van der Waals surface area contributed by atoms with Crippen molar-refractivity contribution < 1.29 is 47.6 Å². The van der Waals surface area contributed by atoms with Gasteiger partial charge < -0.3 is 33.3 Å². The lowest BCUT2D eigenvalue weighted by molar-refractivity contribution is -0.159.